The van der Waals surface area contributed by atoms with Crippen LogP contribution in [0.3, 0.4) is 0 Å². The lowest BCUT2D eigenvalue weighted by Crippen LogP contribution is -2.27. The topological polar surface area (TPSA) is 64.0 Å². The molecular formula is C28H26ClN3O2. The lowest BCUT2D eigenvalue weighted by molar-refractivity contribution is 0.102. The van der Waals surface area contributed by atoms with Gasteiger partial charge in [-0.1, -0.05) is 43.6 Å². The Kier molecular flexibility index (Phi) is 6.94. The van der Waals surface area contributed by atoms with Crippen molar-refractivity contribution in [1.82, 2.24) is 9.55 Å². The number of anilines is 1. The van der Waals surface area contributed by atoms with Crippen molar-refractivity contribution in [2.75, 3.05) is 5.32 Å². The molecule has 1 amide bonds. The van der Waals surface area contributed by atoms with E-state index >= 15 is 0 Å². The van der Waals surface area contributed by atoms with Crippen LogP contribution in [0.5, 0.6) is 0 Å². The van der Waals surface area contributed by atoms with Crippen LogP contribution in [0.1, 0.15) is 41.0 Å². The Hall–Kier alpha value is -3.70. The summed E-state index contributed by atoms with van der Waals surface area (Å²) in [5.41, 5.74) is 5.21. The van der Waals surface area contributed by atoms with E-state index in [1.807, 2.05) is 61.7 Å². The highest BCUT2D eigenvalue weighted by Crippen LogP contribution is 2.29. The number of pyridine rings is 2. The van der Waals surface area contributed by atoms with Crippen molar-refractivity contribution in [3.63, 3.8) is 0 Å². The molecule has 0 atom stereocenters. The summed E-state index contributed by atoms with van der Waals surface area (Å²) in [7, 11) is 0. The van der Waals surface area contributed by atoms with E-state index in [-0.39, 0.29) is 11.0 Å². The van der Waals surface area contributed by atoms with E-state index in [2.05, 4.69) is 10.3 Å². The SMILES string of the molecule is CCc1cccc(CC)c1NC(=O)c1c(-c2cccnc2)n(-c2ccc(Cl)cc2)c(C)cc1=O. The molecule has 5 nitrogen and oxygen atoms in total. The standard InChI is InChI=1S/C28H26ClN3O2/c1-4-19-8-6-9-20(5-2)26(19)31-28(34)25-24(33)16-18(3)32(23-13-11-22(29)12-14-23)27(25)21-10-7-15-30-17-21/h6-17H,4-5H2,1-3H3,(H,31,34). The van der Waals surface area contributed by atoms with Crippen LogP contribution in [0.15, 0.2) is 77.9 Å². The van der Waals surface area contributed by atoms with E-state index in [1.54, 1.807) is 30.6 Å². The zero-order chi connectivity index (χ0) is 24.2. The van der Waals surface area contributed by atoms with Crippen molar-refractivity contribution in [2.24, 2.45) is 0 Å². The van der Waals surface area contributed by atoms with Gasteiger partial charge in [-0.25, -0.2) is 0 Å². The van der Waals surface area contributed by atoms with Gasteiger partial charge in [0.1, 0.15) is 5.56 Å². The largest absolute Gasteiger partial charge is 0.321 e. The quantitative estimate of drug-likeness (QED) is 0.362. The van der Waals surface area contributed by atoms with Crippen molar-refractivity contribution < 1.29 is 4.79 Å². The van der Waals surface area contributed by atoms with E-state index in [9.17, 15) is 9.59 Å². The van der Waals surface area contributed by atoms with Crippen molar-refractivity contribution in [2.45, 2.75) is 33.6 Å². The van der Waals surface area contributed by atoms with Gasteiger partial charge in [0.25, 0.3) is 5.91 Å². The van der Waals surface area contributed by atoms with Crippen LogP contribution in [0.4, 0.5) is 5.69 Å². The number of rotatable bonds is 6. The highest BCUT2D eigenvalue weighted by atomic mass is 35.5. The molecule has 1 N–H and O–H groups in total. The molecule has 2 heterocycles. The molecule has 2 aromatic heterocycles. The number of nitrogens with zero attached hydrogens (tertiary/aromatic N) is 2. The Balaban J connectivity index is 1.97. The second-order valence-electron chi connectivity index (χ2n) is 8.04. The fourth-order valence-corrected chi connectivity index (χ4v) is 4.36. The van der Waals surface area contributed by atoms with Gasteiger partial charge in [0.2, 0.25) is 0 Å². The van der Waals surface area contributed by atoms with E-state index in [1.165, 1.54) is 6.07 Å². The average Bonchev–Trinajstić information content (AvgIpc) is 2.85. The molecule has 4 aromatic rings. The summed E-state index contributed by atoms with van der Waals surface area (Å²) < 4.78 is 1.90. The lowest BCUT2D eigenvalue weighted by Gasteiger charge is -2.21. The molecule has 0 spiro atoms. The van der Waals surface area contributed by atoms with Gasteiger partial charge in [0, 0.05) is 46.1 Å². The van der Waals surface area contributed by atoms with Gasteiger partial charge in [-0.05, 0) is 67.3 Å². The van der Waals surface area contributed by atoms with Crippen LogP contribution >= 0.6 is 11.6 Å². The summed E-state index contributed by atoms with van der Waals surface area (Å²) in [6.45, 7) is 5.94. The summed E-state index contributed by atoms with van der Waals surface area (Å²) in [4.78, 5) is 31.3. The number of hydrogen-bond donors (Lipinski definition) is 1. The highest BCUT2D eigenvalue weighted by Gasteiger charge is 2.24. The van der Waals surface area contributed by atoms with E-state index in [4.69, 9.17) is 11.6 Å². The minimum absolute atomic E-state index is 0.0708. The fraction of sp³-hybridized carbons (Fsp3) is 0.179. The van der Waals surface area contributed by atoms with Gasteiger partial charge in [0.05, 0.1) is 5.69 Å². The average molecular weight is 472 g/mol. The minimum atomic E-state index is -0.442. The lowest BCUT2D eigenvalue weighted by atomic mass is 10.0. The maximum Gasteiger partial charge on any atom is 0.261 e. The molecule has 6 heteroatoms. The first-order chi connectivity index (χ1) is 16.4. The van der Waals surface area contributed by atoms with Gasteiger partial charge < -0.3 is 9.88 Å². The Bertz CT molecular complexity index is 1370. The second kappa shape index (κ2) is 10.1. The van der Waals surface area contributed by atoms with Crippen molar-refractivity contribution in [3.8, 4) is 16.9 Å². The molecule has 0 bridgehead atoms. The van der Waals surface area contributed by atoms with Crippen molar-refractivity contribution in [3.05, 3.63) is 111 Å². The second-order valence-corrected chi connectivity index (χ2v) is 8.48. The van der Waals surface area contributed by atoms with Gasteiger partial charge in [-0.3, -0.25) is 14.6 Å². The Morgan fingerprint density at radius 1 is 1.00 bits per heavy atom. The van der Waals surface area contributed by atoms with Crippen molar-refractivity contribution >= 4 is 23.2 Å². The number of nitrogens with one attached hydrogen (secondary N) is 1. The predicted molar refractivity (Wildman–Crippen MR) is 138 cm³/mol. The number of aryl methyl sites for hydroxylation is 3. The molecular weight excluding hydrogens is 446 g/mol. The molecule has 34 heavy (non-hydrogen) atoms. The van der Waals surface area contributed by atoms with Crippen LogP contribution in [-0.2, 0) is 12.8 Å². The predicted octanol–water partition coefficient (Wildman–Crippen LogP) is 6.24. The molecule has 0 saturated heterocycles. The Morgan fingerprint density at radius 2 is 1.68 bits per heavy atom. The maximum atomic E-state index is 13.7. The summed E-state index contributed by atoms with van der Waals surface area (Å²) in [5, 5.41) is 3.67. The monoisotopic (exact) mass is 471 g/mol. The van der Waals surface area contributed by atoms with E-state index < -0.39 is 5.91 Å². The van der Waals surface area contributed by atoms with Crippen LogP contribution in [-0.4, -0.2) is 15.5 Å². The van der Waals surface area contributed by atoms with Gasteiger partial charge in [-0.2, -0.15) is 0 Å². The number of aromatic nitrogens is 2. The smallest absolute Gasteiger partial charge is 0.261 e. The highest BCUT2D eigenvalue weighted by molar-refractivity contribution is 6.30. The van der Waals surface area contributed by atoms with Crippen molar-refractivity contribution in [1.29, 1.82) is 0 Å². The number of hydrogen-bond acceptors (Lipinski definition) is 3. The third kappa shape index (κ3) is 4.52. The normalized spacial score (nSPS) is 10.8. The van der Waals surface area contributed by atoms with E-state index in [0.717, 1.165) is 35.3 Å². The molecule has 0 saturated carbocycles. The van der Waals surface area contributed by atoms with Crippen LogP contribution < -0.4 is 10.7 Å². The van der Waals surface area contributed by atoms with Crippen LogP contribution in [0.25, 0.3) is 16.9 Å². The van der Waals surface area contributed by atoms with E-state index in [0.29, 0.717) is 22.0 Å². The Labute approximate surface area is 204 Å². The van der Waals surface area contributed by atoms with Gasteiger partial charge >= 0.3 is 0 Å². The van der Waals surface area contributed by atoms with Gasteiger partial charge in [-0.15, -0.1) is 0 Å². The molecule has 2 aromatic carbocycles. The zero-order valence-corrected chi connectivity index (χ0v) is 20.2. The first-order valence-electron chi connectivity index (χ1n) is 11.3. The molecule has 0 aliphatic carbocycles. The summed E-state index contributed by atoms with van der Waals surface area (Å²) in [6, 6.07) is 18.4. The summed E-state index contributed by atoms with van der Waals surface area (Å²) >= 11 is 6.12. The summed E-state index contributed by atoms with van der Waals surface area (Å²) in [6.07, 6.45) is 4.85. The number of carbonyl (C=O) groups is 1. The minimum Gasteiger partial charge on any atom is -0.321 e. The molecule has 0 aliphatic rings. The molecule has 0 aliphatic heterocycles. The molecule has 0 fully saturated rings. The third-order valence-electron chi connectivity index (χ3n) is 5.88. The Morgan fingerprint density at radius 3 is 2.26 bits per heavy atom. The number of halogens is 1. The first-order valence-corrected chi connectivity index (χ1v) is 11.7. The summed E-state index contributed by atoms with van der Waals surface area (Å²) in [5.74, 6) is -0.442. The molecule has 0 radical (unpaired) electrons. The van der Waals surface area contributed by atoms with Crippen LogP contribution in [0, 0.1) is 6.92 Å². The third-order valence-corrected chi connectivity index (χ3v) is 6.14. The van der Waals surface area contributed by atoms with Gasteiger partial charge in [0.15, 0.2) is 5.43 Å². The number of benzene rings is 2. The number of carbonyl (C=O) groups excluding carboxylic acids is 1. The maximum absolute atomic E-state index is 13.7. The number of para-hydroxylation sites is 1. The fourth-order valence-electron chi connectivity index (χ4n) is 4.23. The molecule has 4 rings (SSSR count). The number of amides is 1. The van der Waals surface area contributed by atoms with Crippen LogP contribution in [0.2, 0.25) is 5.02 Å². The zero-order valence-electron chi connectivity index (χ0n) is 19.4. The first kappa shape index (κ1) is 23.5. The molecule has 0 unspecified atom stereocenters. The molecule has 172 valence electrons.